The number of rotatable bonds is 5. The van der Waals surface area contributed by atoms with Crippen molar-refractivity contribution in [2.24, 2.45) is 5.92 Å². The highest BCUT2D eigenvalue weighted by Crippen LogP contribution is 2.42. The van der Waals surface area contributed by atoms with Crippen LogP contribution in [0.5, 0.6) is 11.5 Å². The van der Waals surface area contributed by atoms with Gasteiger partial charge >= 0.3 is 0 Å². The number of ether oxygens (including phenoxy) is 1. The molecule has 31 heavy (non-hydrogen) atoms. The van der Waals surface area contributed by atoms with Gasteiger partial charge in [-0.3, -0.25) is 4.79 Å². The summed E-state index contributed by atoms with van der Waals surface area (Å²) >= 11 is 0. The van der Waals surface area contributed by atoms with Crippen molar-refractivity contribution in [1.29, 1.82) is 0 Å². The summed E-state index contributed by atoms with van der Waals surface area (Å²) < 4.78 is 31.1. The number of sulfone groups is 1. The summed E-state index contributed by atoms with van der Waals surface area (Å²) in [7, 11) is -3.60. The molecule has 2 aliphatic heterocycles. The summed E-state index contributed by atoms with van der Waals surface area (Å²) in [6.07, 6.45) is 0. The van der Waals surface area contributed by atoms with Crippen LogP contribution in [0.2, 0.25) is 0 Å². The number of benzene rings is 2. The van der Waals surface area contributed by atoms with Gasteiger partial charge in [0.05, 0.1) is 22.8 Å². The third-order valence-electron chi connectivity index (χ3n) is 6.27. The van der Waals surface area contributed by atoms with Crippen molar-refractivity contribution in [2.45, 2.75) is 43.7 Å². The van der Waals surface area contributed by atoms with Gasteiger partial charge in [0.1, 0.15) is 11.5 Å². The molecule has 2 aromatic carbocycles. The minimum Gasteiger partial charge on any atom is -0.614 e. The monoisotopic (exact) mass is 442 g/mol. The first-order chi connectivity index (χ1) is 14.6. The van der Waals surface area contributed by atoms with Gasteiger partial charge in [-0.1, -0.05) is 32.0 Å². The van der Waals surface area contributed by atoms with Crippen LogP contribution in [0.25, 0.3) is 0 Å². The molecule has 6 nitrogen and oxygen atoms in total. The topological polar surface area (TPSA) is 72.9 Å². The van der Waals surface area contributed by atoms with Gasteiger partial charge in [0, 0.05) is 18.8 Å². The molecule has 2 aliphatic rings. The quantitative estimate of drug-likeness (QED) is 0.656. The van der Waals surface area contributed by atoms with Crippen molar-refractivity contribution < 1.29 is 18.3 Å². The highest BCUT2D eigenvalue weighted by atomic mass is 32.3. The van der Waals surface area contributed by atoms with Crippen LogP contribution in [-0.2, 0) is 19.2 Å². The van der Waals surface area contributed by atoms with E-state index >= 15 is 0 Å². The second-order valence-corrected chi connectivity index (χ2v) is 12.0. The van der Waals surface area contributed by atoms with Crippen molar-refractivity contribution in [3.63, 3.8) is 0 Å². The van der Waals surface area contributed by atoms with E-state index in [9.17, 15) is 13.6 Å². The van der Waals surface area contributed by atoms with Gasteiger partial charge < -0.3 is 19.1 Å². The number of carbonyl (C=O) groups is 1. The van der Waals surface area contributed by atoms with E-state index < -0.39 is 20.2 Å². The number of anilines is 1. The summed E-state index contributed by atoms with van der Waals surface area (Å²) in [5.41, 5.74) is 0.930. The van der Waals surface area contributed by atoms with E-state index in [1.54, 1.807) is 13.8 Å². The fourth-order valence-electron chi connectivity index (χ4n) is 4.53. The van der Waals surface area contributed by atoms with E-state index in [2.05, 4.69) is 18.7 Å². The average molecular weight is 443 g/mol. The summed E-state index contributed by atoms with van der Waals surface area (Å²) in [4.78, 5) is 17.0. The average Bonchev–Trinajstić information content (AvgIpc) is 3.18. The number of nitrogens with zero attached hydrogens (tertiary/aromatic N) is 2. The summed E-state index contributed by atoms with van der Waals surface area (Å²) in [6, 6.07) is 16.9. The van der Waals surface area contributed by atoms with Crippen LogP contribution in [0, 0.1) is 5.92 Å². The van der Waals surface area contributed by atoms with E-state index in [1.807, 2.05) is 59.5 Å². The van der Waals surface area contributed by atoms with Crippen LogP contribution in [0.15, 0.2) is 54.6 Å². The van der Waals surface area contributed by atoms with Crippen LogP contribution in [0.4, 0.5) is 5.69 Å². The SMILES string of the molecule is CC(C)CN1C(=O)C(C)(C)[S+](=O)([O-])[C@H]2CN(c3ccc(Oc4ccccc4)cc3)C[C@@H]21. The van der Waals surface area contributed by atoms with E-state index in [1.165, 1.54) is 0 Å². The van der Waals surface area contributed by atoms with Gasteiger partial charge in [0.2, 0.25) is 4.75 Å². The fraction of sp³-hybridized carbons (Fsp3) is 0.458. The summed E-state index contributed by atoms with van der Waals surface area (Å²) in [5, 5.41) is -0.584. The molecule has 0 spiro atoms. The molecular formula is C24H30N2O4S. The van der Waals surface area contributed by atoms with E-state index in [4.69, 9.17) is 4.74 Å². The van der Waals surface area contributed by atoms with E-state index in [0.29, 0.717) is 19.6 Å². The lowest BCUT2D eigenvalue weighted by Crippen LogP contribution is -2.68. The van der Waals surface area contributed by atoms with Gasteiger partial charge in [-0.25, -0.2) is 0 Å². The molecule has 1 amide bonds. The lowest BCUT2D eigenvalue weighted by Gasteiger charge is -2.47. The van der Waals surface area contributed by atoms with Gasteiger partial charge in [0.25, 0.3) is 5.91 Å². The molecule has 0 aromatic heterocycles. The second kappa shape index (κ2) is 7.95. The molecule has 0 bridgehead atoms. The molecule has 0 aliphatic carbocycles. The molecule has 2 heterocycles. The first-order valence-corrected chi connectivity index (χ1v) is 12.3. The van der Waals surface area contributed by atoms with Crippen molar-refractivity contribution in [3.8, 4) is 11.5 Å². The predicted molar refractivity (Wildman–Crippen MR) is 122 cm³/mol. The van der Waals surface area contributed by atoms with Gasteiger partial charge in [-0.05, 0) is 56.2 Å². The van der Waals surface area contributed by atoms with Crippen molar-refractivity contribution >= 4 is 21.8 Å². The fourth-order valence-corrected chi connectivity index (χ4v) is 6.67. The molecule has 0 N–H and O–H groups in total. The van der Waals surface area contributed by atoms with E-state index in [-0.39, 0.29) is 17.9 Å². The zero-order valence-corrected chi connectivity index (χ0v) is 19.3. The normalized spacial score (nSPS) is 27.5. The smallest absolute Gasteiger partial charge is 0.278 e. The molecule has 7 heteroatoms. The first kappa shape index (κ1) is 21.8. The van der Waals surface area contributed by atoms with Gasteiger partial charge in [0.15, 0.2) is 5.25 Å². The first-order valence-electron chi connectivity index (χ1n) is 10.7. The highest BCUT2D eigenvalue weighted by molar-refractivity contribution is 8.00. The van der Waals surface area contributed by atoms with Crippen molar-refractivity contribution in [2.75, 3.05) is 24.5 Å². The molecule has 2 saturated heterocycles. The standard InChI is InChI=1S/C24H30N2O4S/c1-17(2)14-26-21-15-25(16-22(21)31(28,29)24(3,4)23(26)27)18-10-12-20(13-11-18)30-19-8-6-5-7-9-19/h5-13,17,21-22H,14-16H2,1-4H3/t21-,22-/m0/s1. The van der Waals surface area contributed by atoms with Gasteiger partial charge in [-0.15, -0.1) is 4.21 Å². The number of carbonyl (C=O) groups excluding carboxylic acids is 1. The Morgan fingerprint density at radius 2 is 1.68 bits per heavy atom. The Balaban J connectivity index is 1.57. The maximum absolute atomic E-state index is 13.3. The molecular weight excluding hydrogens is 412 g/mol. The Hall–Kier alpha value is -2.38. The largest absolute Gasteiger partial charge is 0.614 e. The Morgan fingerprint density at radius 1 is 1.06 bits per heavy atom. The Kier molecular flexibility index (Phi) is 5.60. The third kappa shape index (κ3) is 3.85. The Morgan fingerprint density at radius 3 is 2.29 bits per heavy atom. The Bertz CT molecular complexity index is 990. The number of hydrogen-bond acceptors (Lipinski definition) is 5. The van der Waals surface area contributed by atoms with E-state index in [0.717, 1.165) is 17.2 Å². The van der Waals surface area contributed by atoms with Crippen molar-refractivity contribution in [3.05, 3.63) is 54.6 Å². The zero-order chi connectivity index (χ0) is 22.4. The van der Waals surface area contributed by atoms with Crippen LogP contribution < -0.4 is 9.64 Å². The van der Waals surface area contributed by atoms with Crippen molar-refractivity contribution in [1.82, 2.24) is 4.90 Å². The molecule has 2 aromatic rings. The summed E-state index contributed by atoms with van der Waals surface area (Å²) in [6.45, 7) is 8.66. The minimum atomic E-state index is -3.60. The van der Waals surface area contributed by atoms with Crippen LogP contribution in [-0.4, -0.2) is 51.0 Å². The Labute approximate surface area is 185 Å². The summed E-state index contributed by atoms with van der Waals surface area (Å²) in [5.74, 6) is 1.47. The molecule has 2 fully saturated rings. The number of fused-ring (bicyclic) bond motifs is 1. The molecule has 166 valence electrons. The lowest BCUT2D eigenvalue weighted by atomic mass is 10.1. The lowest BCUT2D eigenvalue weighted by molar-refractivity contribution is -0.137. The predicted octanol–water partition coefficient (Wildman–Crippen LogP) is 3.94. The molecule has 0 radical (unpaired) electrons. The maximum Gasteiger partial charge on any atom is 0.278 e. The molecule has 3 atom stereocenters. The van der Waals surface area contributed by atoms with Crippen LogP contribution >= 0.6 is 0 Å². The van der Waals surface area contributed by atoms with Crippen LogP contribution in [0.1, 0.15) is 27.7 Å². The third-order valence-corrected chi connectivity index (χ3v) is 9.12. The molecule has 1 unspecified atom stereocenters. The molecule has 4 rings (SSSR count). The number of hydrogen-bond donors (Lipinski definition) is 0. The highest BCUT2D eigenvalue weighted by Gasteiger charge is 2.63. The number of para-hydroxylation sites is 1. The van der Waals surface area contributed by atoms with Gasteiger partial charge in [-0.2, -0.15) is 0 Å². The minimum absolute atomic E-state index is 0.268. The second-order valence-electron chi connectivity index (χ2n) is 9.33. The number of amides is 1. The zero-order valence-electron chi connectivity index (χ0n) is 18.5. The maximum atomic E-state index is 13.3. The molecule has 0 saturated carbocycles. The van der Waals surface area contributed by atoms with Crippen LogP contribution in [0.3, 0.4) is 0 Å².